The van der Waals surface area contributed by atoms with Gasteiger partial charge in [-0.15, -0.1) is 0 Å². The van der Waals surface area contributed by atoms with Crippen LogP contribution in [0.5, 0.6) is 0 Å². The first-order chi connectivity index (χ1) is 21.3. The van der Waals surface area contributed by atoms with E-state index in [1.165, 1.54) is 21.4 Å². The SMILES string of the molecule is CC(C)c1cc(-c2cc(-c3cc[c]([Ge]([CH3])([CH3])[CH3])cc3F)ccn2)[c-]c2ccccc12.CCC(CC)C(=O)/C=C(\O)C(CC)CC.[Ir]. The number of carbonyl (C=O) groups is 1. The fourth-order valence-corrected chi connectivity index (χ4v) is 8.01. The average Bonchev–Trinajstić information content (AvgIpc) is 3.01. The van der Waals surface area contributed by atoms with E-state index in [2.05, 4.69) is 72.5 Å². The molecule has 4 aromatic rings. The molecule has 1 radical (unpaired) electrons. The second kappa shape index (κ2) is 18.1. The molecule has 6 heteroatoms. The van der Waals surface area contributed by atoms with Crippen molar-refractivity contribution in [1.29, 1.82) is 0 Å². The van der Waals surface area contributed by atoms with E-state index in [1.54, 1.807) is 12.3 Å². The van der Waals surface area contributed by atoms with Crippen molar-refractivity contribution in [2.45, 2.75) is 90.4 Å². The number of hydrogen-bond acceptors (Lipinski definition) is 3. The van der Waals surface area contributed by atoms with E-state index in [1.807, 2.05) is 52.0 Å². The van der Waals surface area contributed by atoms with Crippen LogP contribution in [0.15, 0.2) is 78.7 Å². The second-order valence-electron chi connectivity index (χ2n) is 13.2. The summed E-state index contributed by atoms with van der Waals surface area (Å²) in [6.45, 7) is 12.5. The number of rotatable bonds is 11. The Kier molecular flexibility index (Phi) is 15.6. The molecule has 1 aromatic heterocycles. The van der Waals surface area contributed by atoms with Gasteiger partial charge in [-0.3, -0.25) is 4.79 Å². The third-order valence-electron chi connectivity index (χ3n) is 8.69. The molecule has 0 atom stereocenters. The molecule has 3 nitrogen and oxygen atoms in total. The van der Waals surface area contributed by atoms with E-state index in [0.717, 1.165) is 47.9 Å². The monoisotopic (exact) mass is 863 g/mol. The molecule has 4 rings (SSSR count). The number of ketones is 1. The van der Waals surface area contributed by atoms with Crippen LogP contribution in [0.3, 0.4) is 0 Å². The van der Waals surface area contributed by atoms with Crippen molar-refractivity contribution in [3.05, 3.63) is 96.1 Å². The van der Waals surface area contributed by atoms with E-state index in [4.69, 9.17) is 0 Å². The summed E-state index contributed by atoms with van der Waals surface area (Å²) >= 11 is -2.07. The standard InChI is InChI=1S/C27H27FGeN.C13H24O2.Ir/c1-18(2)25-15-21(14-19-8-6-7-9-23(19)25)27-16-20(12-13-30-27)24-11-10-22(17-26(24)28)29(3,4)5;1-5-10(6-2)12(14)9-13(15)11(7-3)8-4;/h6-13,15-18H,1-5H3;9-11,14H,5-8H2,1-4H3;/q-1;;/b;12-9-;. The third kappa shape index (κ3) is 10.2. The van der Waals surface area contributed by atoms with Crippen molar-refractivity contribution in [2.24, 2.45) is 11.8 Å². The van der Waals surface area contributed by atoms with Gasteiger partial charge in [-0.1, -0.05) is 33.8 Å². The number of fused-ring (bicyclic) bond motifs is 1. The molecule has 0 spiro atoms. The van der Waals surface area contributed by atoms with Crippen molar-refractivity contribution in [3.63, 3.8) is 0 Å². The van der Waals surface area contributed by atoms with E-state index in [9.17, 15) is 14.3 Å². The first-order valence-corrected chi connectivity index (χ1v) is 23.8. The Balaban J connectivity index is 0.000000394. The Bertz CT molecular complexity index is 1620. The molecule has 1 N–H and O–H groups in total. The number of carbonyl (C=O) groups excluding carboxylic acids is 1. The topological polar surface area (TPSA) is 50.2 Å². The molecule has 0 fully saturated rings. The Morgan fingerprint density at radius 1 is 0.913 bits per heavy atom. The van der Waals surface area contributed by atoms with Gasteiger partial charge in [0, 0.05) is 38.0 Å². The third-order valence-corrected chi connectivity index (χ3v) is 13.0. The van der Waals surface area contributed by atoms with Crippen molar-refractivity contribution < 1.29 is 34.4 Å². The largest absolute Gasteiger partial charge is 0.512 e. The minimum absolute atomic E-state index is 0. The van der Waals surface area contributed by atoms with Gasteiger partial charge in [-0.05, 0) is 25.7 Å². The summed E-state index contributed by atoms with van der Waals surface area (Å²) in [5, 5.41) is 12.1. The van der Waals surface area contributed by atoms with Gasteiger partial charge >= 0.3 is 175 Å². The maximum Gasteiger partial charge on any atom is 0.162 e. The number of allylic oxidation sites excluding steroid dienone is 2. The summed E-state index contributed by atoms with van der Waals surface area (Å²) in [6, 6.07) is 23.6. The number of hydrogen-bond donors (Lipinski definition) is 1. The predicted octanol–water partition coefficient (Wildman–Crippen LogP) is 11.0. The number of aliphatic hydroxyl groups is 1. The second-order valence-corrected chi connectivity index (χ2v) is 23.9. The molecule has 0 saturated carbocycles. The van der Waals surface area contributed by atoms with Crippen LogP contribution in [0, 0.1) is 23.7 Å². The van der Waals surface area contributed by atoms with E-state index in [-0.39, 0.29) is 49.3 Å². The number of aliphatic hydroxyl groups excluding tert-OH is 1. The Morgan fingerprint density at radius 2 is 1.54 bits per heavy atom. The molecule has 3 aromatic carbocycles. The molecule has 249 valence electrons. The molecule has 1 heterocycles. The maximum atomic E-state index is 15.0. The van der Waals surface area contributed by atoms with Gasteiger partial charge in [-0.25, -0.2) is 0 Å². The molecule has 0 aliphatic heterocycles. The zero-order valence-electron chi connectivity index (χ0n) is 29.0. The van der Waals surface area contributed by atoms with Gasteiger partial charge in [0.15, 0.2) is 5.78 Å². The smallest absolute Gasteiger partial charge is 0.162 e. The number of benzene rings is 3. The van der Waals surface area contributed by atoms with Gasteiger partial charge in [0.2, 0.25) is 0 Å². The summed E-state index contributed by atoms with van der Waals surface area (Å²) in [4.78, 5) is 16.3. The molecule has 0 amide bonds. The van der Waals surface area contributed by atoms with Crippen LogP contribution in [-0.4, -0.2) is 29.1 Å². The van der Waals surface area contributed by atoms with E-state index >= 15 is 0 Å². The normalized spacial score (nSPS) is 11.9. The van der Waals surface area contributed by atoms with Crippen LogP contribution in [0.2, 0.25) is 17.3 Å². The zero-order chi connectivity index (χ0) is 33.3. The number of aromatic nitrogens is 1. The fourth-order valence-electron chi connectivity index (χ4n) is 5.61. The molecule has 0 aliphatic rings. The van der Waals surface area contributed by atoms with E-state index in [0.29, 0.717) is 11.5 Å². The van der Waals surface area contributed by atoms with E-state index < -0.39 is 13.3 Å². The van der Waals surface area contributed by atoms with Crippen LogP contribution in [0.1, 0.15) is 78.7 Å². The summed E-state index contributed by atoms with van der Waals surface area (Å²) in [6.07, 6.45) is 6.67. The quantitative estimate of drug-likeness (QED) is 0.0707. The molecule has 46 heavy (non-hydrogen) atoms. The Labute approximate surface area is 292 Å². The van der Waals surface area contributed by atoms with Crippen LogP contribution in [-0.2, 0) is 24.9 Å². The number of nitrogens with zero attached hydrogens (tertiary/aromatic N) is 1. The molecule has 0 unspecified atom stereocenters. The van der Waals surface area contributed by atoms with Gasteiger partial charge in [0.05, 0.1) is 5.76 Å². The van der Waals surface area contributed by atoms with Crippen molar-refractivity contribution in [2.75, 3.05) is 0 Å². The first kappa shape index (κ1) is 39.6. The minimum Gasteiger partial charge on any atom is -0.512 e. The Hall–Kier alpha value is -2.60. The van der Waals surface area contributed by atoms with Crippen LogP contribution < -0.4 is 4.40 Å². The molecule has 0 bridgehead atoms. The average molecular weight is 862 g/mol. The fraction of sp³-hybridized carbons (Fsp3) is 0.400. The predicted molar refractivity (Wildman–Crippen MR) is 192 cm³/mol. The molecular formula is C40H51FGeIrNO2-. The first-order valence-electron chi connectivity index (χ1n) is 16.5. The van der Waals surface area contributed by atoms with Crippen molar-refractivity contribution >= 4 is 34.2 Å². The molecule has 0 saturated heterocycles. The van der Waals surface area contributed by atoms with Crippen molar-refractivity contribution in [1.82, 2.24) is 4.98 Å². The Morgan fingerprint density at radius 3 is 2.11 bits per heavy atom. The summed E-state index contributed by atoms with van der Waals surface area (Å²) in [5.74, 6) is 7.61. The maximum absolute atomic E-state index is 15.0. The van der Waals surface area contributed by atoms with Crippen LogP contribution in [0.25, 0.3) is 33.2 Å². The summed E-state index contributed by atoms with van der Waals surface area (Å²) in [5.41, 5.74) is 4.51. The number of halogens is 1. The zero-order valence-corrected chi connectivity index (χ0v) is 33.5. The molecule has 0 aliphatic carbocycles. The van der Waals surface area contributed by atoms with Gasteiger partial charge in [0.25, 0.3) is 0 Å². The van der Waals surface area contributed by atoms with Crippen LogP contribution in [0.4, 0.5) is 4.39 Å². The van der Waals surface area contributed by atoms with Crippen molar-refractivity contribution in [3.8, 4) is 22.4 Å². The summed E-state index contributed by atoms with van der Waals surface area (Å²) in [7, 11) is 0. The van der Waals surface area contributed by atoms with Gasteiger partial charge in [-0.2, -0.15) is 0 Å². The minimum atomic E-state index is -2.07. The van der Waals surface area contributed by atoms with Gasteiger partial charge in [0.1, 0.15) is 0 Å². The summed E-state index contributed by atoms with van der Waals surface area (Å²) < 4.78 is 16.2. The van der Waals surface area contributed by atoms with Crippen LogP contribution >= 0.6 is 0 Å². The molecular weight excluding hydrogens is 810 g/mol. The van der Waals surface area contributed by atoms with Gasteiger partial charge < -0.3 is 5.11 Å². The number of pyridine rings is 1.